The summed E-state index contributed by atoms with van der Waals surface area (Å²) in [5.41, 5.74) is 0.463. The number of nitrogens with zero attached hydrogens (tertiary/aromatic N) is 1. The molecule has 1 aliphatic carbocycles. The van der Waals surface area contributed by atoms with Crippen molar-refractivity contribution in [1.82, 2.24) is 10.2 Å². The maximum Gasteiger partial charge on any atom is 0.0306 e. The van der Waals surface area contributed by atoms with E-state index in [9.17, 15) is 0 Å². The molecular formula is C11H20N2. The van der Waals surface area contributed by atoms with Crippen LogP contribution in [0.2, 0.25) is 0 Å². The summed E-state index contributed by atoms with van der Waals surface area (Å²) in [5, 5.41) is 3.50. The molecule has 0 aromatic rings. The predicted molar refractivity (Wildman–Crippen MR) is 55.8 cm³/mol. The summed E-state index contributed by atoms with van der Waals surface area (Å²) in [4.78, 5) is 2.57. The average Bonchev–Trinajstić information content (AvgIpc) is 2.13. The smallest absolute Gasteiger partial charge is 0.0306 e. The molecule has 0 saturated heterocycles. The van der Waals surface area contributed by atoms with E-state index in [-0.39, 0.29) is 0 Å². The van der Waals surface area contributed by atoms with Crippen LogP contribution in [0.5, 0.6) is 0 Å². The van der Waals surface area contributed by atoms with Crippen molar-refractivity contribution in [2.24, 2.45) is 0 Å². The Morgan fingerprint density at radius 2 is 2.23 bits per heavy atom. The van der Waals surface area contributed by atoms with E-state index in [4.69, 9.17) is 0 Å². The number of hydrogen-bond acceptors (Lipinski definition) is 2. The van der Waals surface area contributed by atoms with Gasteiger partial charge in [-0.25, -0.2) is 0 Å². The van der Waals surface area contributed by atoms with Crippen LogP contribution < -0.4 is 5.32 Å². The van der Waals surface area contributed by atoms with Crippen molar-refractivity contribution in [3.05, 3.63) is 12.2 Å². The van der Waals surface area contributed by atoms with Gasteiger partial charge in [-0.05, 0) is 32.7 Å². The van der Waals surface area contributed by atoms with Crippen molar-refractivity contribution < 1.29 is 0 Å². The van der Waals surface area contributed by atoms with E-state index < -0.39 is 0 Å². The van der Waals surface area contributed by atoms with Crippen molar-refractivity contribution >= 4 is 0 Å². The molecule has 1 heterocycles. The van der Waals surface area contributed by atoms with Crippen molar-refractivity contribution in [2.45, 2.75) is 31.2 Å². The van der Waals surface area contributed by atoms with E-state index in [0.717, 1.165) is 6.54 Å². The molecule has 0 unspecified atom stereocenters. The van der Waals surface area contributed by atoms with Gasteiger partial charge in [-0.2, -0.15) is 0 Å². The van der Waals surface area contributed by atoms with Gasteiger partial charge in [0.05, 0.1) is 0 Å². The van der Waals surface area contributed by atoms with Crippen molar-refractivity contribution in [2.75, 3.05) is 26.7 Å². The molecule has 2 aliphatic rings. The van der Waals surface area contributed by atoms with Crippen molar-refractivity contribution in [3.63, 3.8) is 0 Å². The standard InChI is InChI=1S/C11H20N2/c1-12-11(6-5-7-11)10-13-8-3-2-4-9-13/h2-3,12H,4-10H2,1H3. The van der Waals surface area contributed by atoms with Crippen LogP contribution in [-0.4, -0.2) is 37.1 Å². The predicted octanol–water partition coefficient (Wildman–Crippen LogP) is 1.39. The van der Waals surface area contributed by atoms with Gasteiger partial charge in [0, 0.05) is 25.2 Å². The molecule has 2 nitrogen and oxygen atoms in total. The van der Waals surface area contributed by atoms with Crippen LogP contribution in [0.3, 0.4) is 0 Å². The summed E-state index contributed by atoms with van der Waals surface area (Å²) >= 11 is 0. The lowest BCUT2D eigenvalue weighted by Crippen LogP contribution is -2.57. The molecule has 74 valence electrons. The fraction of sp³-hybridized carbons (Fsp3) is 0.818. The lowest BCUT2D eigenvalue weighted by molar-refractivity contribution is 0.122. The quantitative estimate of drug-likeness (QED) is 0.660. The lowest BCUT2D eigenvalue weighted by atomic mass is 9.76. The second kappa shape index (κ2) is 3.81. The number of hydrogen-bond donors (Lipinski definition) is 1. The summed E-state index contributed by atoms with van der Waals surface area (Å²) in [6, 6.07) is 0. The number of likely N-dealkylation sites (N-methyl/N-ethyl adjacent to an activating group) is 1. The minimum atomic E-state index is 0.463. The maximum atomic E-state index is 3.50. The molecule has 0 aromatic heterocycles. The first-order valence-corrected chi connectivity index (χ1v) is 5.41. The summed E-state index contributed by atoms with van der Waals surface area (Å²) in [6.07, 6.45) is 9.96. The molecule has 0 atom stereocenters. The molecule has 1 N–H and O–H groups in total. The zero-order valence-corrected chi connectivity index (χ0v) is 8.55. The van der Waals surface area contributed by atoms with Crippen LogP contribution in [0.4, 0.5) is 0 Å². The molecular weight excluding hydrogens is 160 g/mol. The van der Waals surface area contributed by atoms with Gasteiger partial charge in [-0.1, -0.05) is 12.2 Å². The minimum Gasteiger partial charge on any atom is -0.313 e. The maximum absolute atomic E-state index is 3.50. The van der Waals surface area contributed by atoms with Gasteiger partial charge in [0.2, 0.25) is 0 Å². The second-order valence-electron chi connectivity index (χ2n) is 4.38. The first-order valence-electron chi connectivity index (χ1n) is 5.41. The molecule has 2 rings (SSSR count). The molecule has 0 aromatic carbocycles. The Morgan fingerprint density at radius 3 is 2.69 bits per heavy atom. The lowest BCUT2D eigenvalue weighted by Gasteiger charge is -2.45. The SMILES string of the molecule is CNC1(CN2CC=CCC2)CCC1. The van der Waals surface area contributed by atoms with Crippen LogP contribution in [0.15, 0.2) is 12.2 Å². The van der Waals surface area contributed by atoms with E-state index in [2.05, 4.69) is 29.4 Å². The van der Waals surface area contributed by atoms with Crippen LogP contribution >= 0.6 is 0 Å². The monoisotopic (exact) mass is 180 g/mol. The molecule has 0 bridgehead atoms. The normalized spacial score (nSPS) is 27.2. The van der Waals surface area contributed by atoms with Crippen LogP contribution in [0.25, 0.3) is 0 Å². The Labute approximate surface area is 81.0 Å². The van der Waals surface area contributed by atoms with Crippen LogP contribution in [-0.2, 0) is 0 Å². The molecule has 1 fully saturated rings. The highest BCUT2D eigenvalue weighted by molar-refractivity contribution is 5.00. The molecule has 0 spiro atoms. The van der Waals surface area contributed by atoms with Crippen LogP contribution in [0.1, 0.15) is 25.7 Å². The first kappa shape index (κ1) is 9.22. The zero-order chi connectivity index (χ0) is 9.15. The fourth-order valence-electron chi connectivity index (χ4n) is 2.35. The molecule has 2 heteroatoms. The molecule has 0 radical (unpaired) electrons. The van der Waals surface area contributed by atoms with E-state index in [1.54, 1.807) is 0 Å². The second-order valence-corrected chi connectivity index (χ2v) is 4.38. The largest absolute Gasteiger partial charge is 0.313 e. The Bertz CT molecular complexity index is 189. The van der Waals surface area contributed by atoms with Gasteiger partial charge in [0.1, 0.15) is 0 Å². The minimum absolute atomic E-state index is 0.463. The summed E-state index contributed by atoms with van der Waals surface area (Å²) in [5.74, 6) is 0. The molecule has 0 amide bonds. The third-order valence-electron chi connectivity index (χ3n) is 3.51. The third kappa shape index (κ3) is 1.94. The Hall–Kier alpha value is -0.340. The van der Waals surface area contributed by atoms with Gasteiger partial charge < -0.3 is 5.32 Å². The fourth-order valence-corrected chi connectivity index (χ4v) is 2.35. The molecule has 13 heavy (non-hydrogen) atoms. The van der Waals surface area contributed by atoms with E-state index >= 15 is 0 Å². The number of nitrogens with one attached hydrogen (secondary N) is 1. The highest BCUT2D eigenvalue weighted by Gasteiger charge is 2.36. The van der Waals surface area contributed by atoms with Gasteiger partial charge >= 0.3 is 0 Å². The third-order valence-corrected chi connectivity index (χ3v) is 3.51. The van der Waals surface area contributed by atoms with Gasteiger partial charge in [-0.15, -0.1) is 0 Å². The first-order chi connectivity index (χ1) is 6.35. The van der Waals surface area contributed by atoms with Gasteiger partial charge in [-0.3, -0.25) is 4.90 Å². The Morgan fingerprint density at radius 1 is 1.38 bits per heavy atom. The number of rotatable bonds is 3. The molecule has 1 saturated carbocycles. The van der Waals surface area contributed by atoms with E-state index in [1.165, 1.54) is 38.8 Å². The average molecular weight is 180 g/mol. The molecule has 1 aliphatic heterocycles. The van der Waals surface area contributed by atoms with E-state index in [1.807, 2.05) is 0 Å². The zero-order valence-electron chi connectivity index (χ0n) is 8.55. The summed E-state index contributed by atoms with van der Waals surface area (Å²) in [6.45, 7) is 3.65. The van der Waals surface area contributed by atoms with E-state index in [0.29, 0.717) is 5.54 Å². The van der Waals surface area contributed by atoms with Crippen molar-refractivity contribution in [3.8, 4) is 0 Å². The van der Waals surface area contributed by atoms with Gasteiger partial charge in [0.25, 0.3) is 0 Å². The highest BCUT2D eigenvalue weighted by atomic mass is 15.2. The summed E-state index contributed by atoms with van der Waals surface area (Å²) in [7, 11) is 2.11. The topological polar surface area (TPSA) is 15.3 Å². The Balaban J connectivity index is 1.85. The van der Waals surface area contributed by atoms with Crippen molar-refractivity contribution in [1.29, 1.82) is 0 Å². The Kier molecular flexibility index (Phi) is 2.70. The summed E-state index contributed by atoms with van der Waals surface area (Å²) < 4.78 is 0. The highest BCUT2D eigenvalue weighted by Crippen LogP contribution is 2.32. The van der Waals surface area contributed by atoms with Gasteiger partial charge in [0.15, 0.2) is 0 Å². The van der Waals surface area contributed by atoms with Crippen LogP contribution in [0, 0.1) is 0 Å².